The molecular formula is C19H23NO. The largest absolute Gasteiger partial charge is 0.312 e. The van der Waals surface area contributed by atoms with Crippen LogP contribution >= 0.6 is 0 Å². The van der Waals surface area contributed by atoms with Crippen LogP contribution in [0.5, 0.6) is 0 Å². The van der Waals surface area contributed by atoms with Crippen LogP contribution in [-0.2, 0) is 11.2 Å². The fourth-order valence-electron chi connectivity index (χ4n) is 2.60. The molecule has 2 heteroatoms. The van der Waals surface area contributed by atoms with Crippen molar-refractivity contribution in [2.45, 2.75) is 27.2 Å². The van der Waals surface area contributed by atoms with Gasteiger partial charge in [-0.15, -0.1) is 0 Å². The van der Waals surface area contributed by atoms with E-state index in [9.17, 15) is 4.79 Å². The molecule has 0 aliphatic heterocycles. The molecule has 0 aliphatic rings. The molecule has 110 valence electrons. The van der Waals surface area contributed by atoms with E-state index in [0.717, 1.165) is 12.1 Å². The van der Waals surface area contributed by atoms with E-state index in [2.05, 4.69) is 12.1 Å². The summed E-state index contributed by atoms with van der Waals surface area (Å²) in [4.78, 5) is 14.8. The number of hydrogen-bond donors (Lipinski definition) is 0. The number of rotatable bonds is 5. The highest BCUT2D eigenvalue weighted by atomic mass is 16.2. The molecule has 0 spiro atoms. The second-order valence-corrected chi connectivity index (χ2v) is 5.93. The highest BCUT2D eigenvalue weighted by molar-refractivity contribution is 5.97. The minimum atomic E-state index is -0.423. The summed E-state index contributed by atoms with van der Waals surface area (Å²) in [5, 5.41) is 0. The van der Waals surface area contributed by atoms with Crippen molar-refractivity contribution in [3.63, 3.8) is 0 Å². The first-order valence-electron chi connectivity index (χ1n) is 7.45. The zero-order valence-corrected chi connectivity index (χ0v) is 13.0. The molecule has 0 fully saturated rings. The van der Waals surface area contributed by atoms with Gasteiger partial charge in [-0.25, -0.2) is 0 Å². The lowest BCUT2D eigenvalue weighted by Gasteiger charge is -2.31. The highest BCUT2D eigenvalue weighted by Gasteiger charge is 2.32. The normalized spacial score (nSPS) is 11.2. The Morgan fingerprint density at radius 3 is 2.00 bits per heavy atom. The summed E-state index contributed by atoms with van der Waals surface area (Å²) in [5.74, 6) is 0.167. The molecule has 21 heavy (non-hydrogen) atoms. The van der Waals surface area contributed by atoms with E-state index in [1.54, 1.807) is 0 Å². The van der Waals surface area contributed by atoms with Crippen molar-refractivity contribution < 1.29 is 4.79 Å². The zero-order chi connectivity index (χ0) is 15.3. The van der Waals surface area contributed by atoms with Crippen LogP contribution < -0.4 is 4.90 Å². The molecule has 0 atom stereocenters. The zero-order valence-electron chi connectivity index (χ0n) is 13.0. The Hall–Kier alpha value is -2.09. The molecule has 2 nitrogen and oxygen atoms in total. The van der Waals surface area contributed by atoms with Gasteiger partial charge >= 0.3 is 0 Å². The molecule has 0 radical (unpaired) electrons. The van der Waals surface area contributed by atoms with E-state index in [1.165, 1.54) is 5.56 Å². The number of nitrogens with zero attached hydrogens (tertiary/aromatic N) is 1. The smallest absolute Gasteiger partial charge is 0.232 e. The minimum absolute atomic E-state index is 0.167. The molecule has 2 aromatic rings. The Bertz CT molecular complexity index is 575. The average Bonchev–Trinajstić information content (AvgIpc) is 2.49. The topological polar surface area (TPSA) is 20.3 Å². The van der Waals surface area contributed by atoms with Gasteiger partial charge in [-0.2, -0.15) is 0 Å². The van der Waals surface area contributed by atoms with Crippen molar-refractivity contribution in [2.24, 2.45) is 5.41 Å². The van der Waals surface area contributed by atoms with Crippen molar-refractivity contribution in [1.82, 2.24) is 0 Å². The van der Waals surface area contributed by atoms with Crippen LogP contribution in [-0.4, -0.2) is 12.5 Å². The van der Waals surface area contributed by atoms with Crippen molar-refractivity contribution in [2.75, 3.05) is 11.4 Å². The van der Waals surface area contributed by atoms with Gasteiger partial charge in [0.15, 0.2) is 0 Å². The molecule has 0 saturated heterocycles. The third kappa shape index (κ3) is 3.72. The van der Waals surface area contributed by atoms with Crippen LogP contribution in [0.25, 0.3) is 0 Å². The molecule has 0 bridgehead atoms. The lowest BCUT2D eigenvalue weighted by molar-refractivity contribution is -0.126. The van der Waals surface area contributed by atoms with Gasteiger partial charge in [0.25, 0.3) is 0 Å². The molecule has 1 amide bonds. The SMILES string of the molecule is CCN(C(=O)C(C)(C)Cc1ccccc1)c1ccccc1. The summed E-state index contributed by atoms with van der Waals surface area (Å²) in [7, 11) is 0. The monoisotopic (exact) mass is 281 g/mol. The van der Waals surface area contributed by atoms with Crippen LogP contribution in [0.4, 0.5) is 5.69 Å². The summed E-state index contributed by atoms with van der Waals surface area (Å²) < 4.78 is 0. The number of carbonyl (C=O) groups excluding carboxylic acids is 1. The van der Waals surface area contributed by atoms with Gasteiger partial charge in [-0.05, 0) is 31.0 Å². The van der Waals surface area contributed by atoms with E-state index in [-0.39, 0.29) is 5.91 Å². The first-order chi connectivity index (χ1) is 10.0. The molecule has 2 rings (SSSR count). The lowest BCUT2D eigenvalue weighted by atomic mass is 9.84. The molecule has 0 aromatic heterocycles. The minimum Gasteiger partial charge on any atom is -0.312 e. The number of hydrogen-bond acceptors (Lipinski definition) is 1. The van der Waals surface area contributed by atoms with Crippen LogP contribution in [0.3, 0.4) is 0 Å². The van der Waals surface area contributed by atoms with Crippen LogP contribution in [0.2, 0.25) is 0 Å². The third-order valence-electron chi connectivity index (χ3n) is 3.70. The summed E-state index contributed by atoms with van der Waals surface area (Å²) in [6.45, 7) is 6.74. The third-order valence-corrected chi connectivity index (χ3v) is 3.70. The Morgan fingerprint density at radius 2 is 1.48 bits per heavy atom. The van der Waals surface area contributed by atoms with Gasteiger partial charge in [0.05, 0.1) is 0 Å². The number of amides is 1. The van der Waals surface area contributed by atoms with Crippen LogP contribution in [0.1, 0.15) is 26.3 Å². The molecule has 0 unspecified atom stereocenters. The fourth-order valence-corrected chi connectivity index (χ4v) is 2.60. The van der Waals surface area contributed by atoms with Crippen molar-refractivity contribution in [1.29, 1.82) is 0 Å². The van der Waals surface area contributed by atoms with E-state index < -0.39 is 5.41 Å². The van der Waals surface area contributed by atoms with Gasteiger partial charge in [-0.1, -0.05) is 62.4 Å². The Morgan fingerprint density at radius 1 is 0.952 bits per heavy atom. The molecular weight excluding hydrogens is 258 g/mol. The predicted molar refractivity (Wildman–Crippen MR) is 88.4 cm³/mol. The molecule has 0 aliphatic carbocycles. The van der Waals surface area contributed by atoms with Crippen LogP contribution in [0.15, 0.2) is 60.7 Å². The Labute approximate surface area is 127 Å². The van der Waals surface area contributed by atoms with Gasteiger partial charge < -0.3 is 4.90 Å². The molecule has 0 saturated carbocycles. The summed E-state index contributed by atoms with van der Waals surface area (Å²) in [6, 6.07) is 20.1. The second-order valence-electron chi connectivity index (χ2n) is 5.93. The molecule has 0 N–H and O–H groups in total. The van der Waals surface area contributed by atoms with Crippen molar-refractivity contribution in [3.8, 4) is 0 Å². The van der Waals surface area contributed by atoms with E-state index in [1.807, 2.05) is 74.2 Å². The average molecular weight is 281 g/mol. The number of carbonyl (C=O) groups is 1. The van der Waals surface area contributed by atoms with Crippen LogP contribution in [0, 0.1) is 5.41 Å². The maximum Gasteiger partial charge on any atom is 0.232 e. The molecule has 2 aromatic carbocycles. The summed E-state index contributed by atoms with van der Waals surface area (Å²) >= 11 is 0. The van der Waals surface area contributed by atoms with Gasteiger partial charge in [0.2, 0.25) is 5.91 Å². The number of benzene rings is 2. The van der Waals surface area contributed by atoms with Crippen molar-refractivity contribution in [3.05, 3.63) is 66.2 Å². The second kappa shape index (κ2) is 6.57. The summed E-state index contributed by atoms with van der Waals surface area (Å²) in [6.07, 6.45) is 0.746. The Balaban J connectivity index is 2.20. The van der Waals surface area contributed by atoms with E-state index >= 15 is 0 Å². The Kier molecular flexibility index (Phi) is 4.79. The van der Waals surface area contributed by atoms with Gasteiger partial charge in [0.1, 0.15) is 0 Å². The first kappa shape index (κ1) is 15.3. The molecule has 0 heterocycles. The maximum absolute atomic E-state index is 12.9. The fraction of sp³-hybridized carbons (Fsp3) is 0.316. The highest BCUT2D eigenvalue weighted by Crippen LogP contribution is 2.27. The van der Waals surface area contributed by atoms with E-state index in [4.69, 9.17) is 0 Å². The standard InChI is InChI=1S/C19H23NO/c1-4-20(17-13-9-6-10-14-17)18(21)19(2,3)15-16-11-7-5-8-12-16/h5-14H,4,15H2,1-3H3. The van der Waals surface area contributed by atoms with Gasteiger partial charge in [-0.3, -0.25) is 4.79 Å². The van der Waals surface area contributed by atoms with Gasteiger partial charge in [0, 0.05) is 17.6 Å². The van der Waals surface area contributed by atoms with Crippen molar-refractivity contribution >= 4 is 11.6 Å². The quantitative estimate of drug-likeness (QED) is 0.799. The number of anilines is 1. The first-order valence-corrected chi connectivity index (χ1v) is 7.45. The maximum atomic E-state index is 12.9. The summed E-state index contributed by atoms with van der Waals surface area (Å²) in [5.41, 5.74) is 1.74. The van der Waals surface area contributed by atoms with E-state index in [0.29, 0.717) is 6.54 Å². The number of para-hydroxylation sites is 1. The predicted octanol–water partition coefficient (Wildman–Crippen LogP) is 4.31. The lowest BCUT2D eigenvalue weighted by Crippen LogP contribution is -2.42.